The third-order valence-electron chi connectivity index (χ3n) is 4.32. The fraction of sp³-hybridized carbons (Fsp3) is 0.471. The molecule has 116 valence electrons. The van der Waals surface area contributed by atoms with Gasteiger partial charge in [0.15, 0.2) is 0 Å². The van der Waals surface area contributed by atoms with E-state index >= 15 is 0 Å². The smallest absolute Gasteiger partial charge is 0.269 e. The molecule has 0 aromatic heterocycles. The molecular weight excluding hydrogens is 296 g/mol. The molecule has 2 rings (SSSR count). The molecule has 0 saturated carbocycles. The van der Waals surface area contributed by atoms with E-state index in [2.05, 4.69) is 24.1 Å². The number of nitrogens with zero attached hydrogens (tertiary/aromatic N) is 1. The van der Waals surface area contributed by atoms with Gasteiger partial charge < -0.3 is 5.32 Å². The van der Waals surface area contributed by atoms with Crippen LogP contribution in [0.5, 0.6) is 0 Å². The van der Waals surface area contributed by atoms with Crippen LogP contribution in [0.15, 0.2) is 24.3 Å². The molecule has 1 saturated heterocycles. The van der Waals surface area contributed by atoms with E-state index in [9.17, 15) is 10.1 Å². The van der Waals surface area contributed by atoms with E-state index in [0.29, 0.717) is 0 Å². The predicted molar refractivity (Wildman–Crippen MR) is 91.8 cm³/mol. The van der Waals surface area contributed by atoms with Gasteiger partial charge in [-0.1, -0.05) is 31.0 Å². The number of nitrogens with one attached hydrogen (secondary N) is 1. The maximum Gasteiger partial charge on any atom is 0.269 e. The van der Waals surface area contributed by atoms with Gasteiger partial charge in [0.2, 0.25) is 0 Å². The molecule has 1 atom stereocenters. The molecule has 1 aliphatic heterocycles. The minimum atomic E-state index is -0.404. The lowest BCUT2D eigenvalue weighted by Gasteiger charge is -2.37. The highest BCUT2D eigenvalue weighted by molar-refractivity contribution is 7.80. The average molecular weight is 316 g/mol. The lowest BCUT2D eigenvalue weighted by molar-refractivity contribution is -0.384. The van der Waals surface area contributed by atoms with Crippen LogP contribution in [0.3, 0.4) is 0 Å². The molecule has 0 bridgehead atoms. The zero-order chi connectivity index (χ0) is 16.0. The first-order valence-electron chi connectivity index (χ1n) is 7.59. The van der Waals surface area contributed by atoms with Crippen molar-refractivity contribution in [2.24, 2.45) is 5.41 Å². The van der Waals surface area contributed by atoms with Crippen molar-refractivity contribution < 1.29 is 4.92 Å². The quantitative estimate of drug-likeness (QED) is 0.397. The topological polar surface area (TPSA) is 55.2 Å². The summed E-state index contributed by atoms with van der Waals surface area (Å²) in [6.07, 6.45) is 5.08. The number of thiocarbonyl (C=S) groups is 1. The zero-order valence-electron chi connectivity index (χ0n) is 12.7. The molecule has 1 N–H and O–H groups in total. The average Bonchev–Trinajstić information content (AvgIpc) is 2.54. The molecule has 1 fully saturated rings. The monoisotopic (exact) mass is 316 g/mol. The predicted octanol–water partition coefficient (Wildman–Crippen LogP) is 3.83. The molecule has 1 unspecified atom stereocenters. The van der Waals surface area contributed by atoms with Crippen LogP contribution < -0.4 is 5.32 Å². The van der Waals surface area contributed by atoms with Gasteiger partial charge in [0, 0.05) is 36.1 Å². The number of benzene rings is 1. The molecule has 4 nitrogen and oxygen atoms in total. The molecule has 22 heavy (non-hydrogen) atoms. The Labute approximate surface area is 136 Å². The Morgan fingerprint density at radius 2 is 2.14 bits per heavy atom. The van der Waals surface area contributed by atoms with Gasteiger partial charge in [-0.25, -0.2) is 0 Å². The third kappa shape index (κ3) is 3.83. The van der Waals surface area contributed by atoms with Gasteiger partial charge in [-0.3, -0.25) is 10.1 Å². The molecule has 0 radical (unpaired) electrons. The molecule has 0 amide bonds. The fourth-order valence-electron chi connectivity index (χ4n) is 2.82. The highest BCUT2D eigenvalue weighted by atomic mass is 32.1. The van der Waals surface area contributed by atoms with Crippen molar-refractivity contribution in [2.75, 3.05) is 6.54 Å². The van der Waals surface area contributed by atoms with E-state index in [-0.39, 0.29) is 11.1 Å². The summed E-state index contributed by atoms with van der Waals surface area (Å²) in [5.41, 5.74) is 0.993. The Hall–Kier alpha value is -1.93. The van der Waals surface area contributed by atoms with Gasteiger partial charge in [0.05, 0.1) is 9.91 Å². The van der Waals surface area contributed by atoms with Crippen molar-refractivity contribution >= 4 is 22.9 Å². The van der Waals surface area contributed by atoms with Gasteiger partial charge in [-0.15, -0.1) is 0 Å². The van der Waals surface area contributed by atoms with Crippen LogP contribution in [0, 0.1) is 27.4 Å². The summed E-state index contributed by atoms with van der Waals surface area (Å²) in [4.78, 5) is 11.2. The van der Waals surface area contributed by atoms with E-state index in [1.165, 1.54) is 12.1 Å². The number of hydrogen-bond donors (Lipinski definition) is 1. The molecule has 0 spiro atoms. The number of non-ortho nitro benzene ring substituents is 1. The van der Waals surface area contributed by atoms with Crippen LogP contribution >= 0.6 is 12.2 Å². The van der Waals surface area contributed by atoms with Crippen LogP contribution in [-0.2, 0) is 0 Å². The normalized spacial score (nSPS) is 20.7. The Morgan fingerprint density at radius 3 is 2.73 bits per heavy atom. The number of nitro benzene ring substituents is 1. The summed E-state index contributed by atoms with van der Waals surface area (Å²) in [6.45, 7) is 3.16. The van der Waals surface area contributed by atoms with Crippen molar-refractivity contribution in [2.45, 2.75) is 39.0 Å². The van der Waals surface area contributed by atoms with Crippen LogP contribution in [0.1, 0.15) is 44.6 Å². The first-order chi connectivity index (χ1) is 10.6. The highest BCUT2D eigenvalue weighted by Gasteiger charge is 2.34. The molecule has 0 aliphatic carbocycles. The van der Waals surface area contributed by atoms with Crippen molar-refractivity contribution in [3.05, 3.63) is 39.9 Å². The lowest BCUT2D eigenvalue weighted by Crippen LogP contribution is -2.44. The number of hydrogen-bond acceptors (Lipinski definition) is 3. The molecule has 5 heteroatoms. The van der Waals surface area contributed by atoms with E-state index in [1.807, 2.05) is 0 Å². The highest BCUT2D eigenvalue weighted by Crippen LogP contribution is 2.36. The van der Waals surface area contributed by atoms with Gasteiger partial charge >= 0.3 is 0 Å². The maximum absolute atomic E-state index is 10.6. The van der Waals surface area contributed by atoms with Crippen molar-refractivity contribution in [1.29, 1.82) is 0 Å². The minimum absolute atomic E-state index is 0.0918. The Kier molecular flexibility index (Phi) is 5.51. The first kappa shape index (κ1) is 16.4. The first-order valence-corrected chi connectivity index (χ1v) is 8.00. The second-order valence-corrected chi connectivity index (χ2v) is 6.01. The Morgan fingerprint density at radius 1 is 1.41 bits per heavy atom. The number of rotatable bonds is 4. The second kappa shape index (κ2) is 7.37. The third-order valence-corrected chi connectivity index (χ3v) is 4.89. The van der Waals surface area contributed by atoms with Crippen molar-refractivity contribution in [1.82, 2.24) is 5.32 Å². The van der Waals surface area contributed by atoms with Gasteiger partial charge in [-0.2, -0.15) is 0 Å². The van der Waals surface area contributed by atoms with Crippen LogP contribution in [0.25, 0.3) is 0 Å². The Balaban J connectivity index is 1.95. The summed E-state index contributed by atoms with van der Waals surface area (Å²) >= 11 is 5.50. The molecule has 1 aromatic carbocycles. The summed E-state index contributed by atoms with van der Waals surface area (Å²) < 4.78 is 0. The van der Waals surface area contributed by atoms with E-state index in [4.69, 9.17) is 12.2 Å². The van der Waals surface area contributed by atoms with Crippen LogP contribution in [-0.4, -0.2) is 16.5 Å². The molecule has 1 aromatic rings. The fourth-order valence-corrected chi connectivity index (χ4v) is 3.27. The van der Waals surface area contributed by atoms with Crippen LogP contribution in [0.4, 0.5) is 5.69 Å². The maximum atomic E-state index is 10.6. The SMILES string of the molecule is CCC1(CCC#Cc2ccc([N+](=O)[O-])cc2)CCCNC1=S. The van der Waals surface area contributed by atoms with E-state index in [1.54, 1.807) is 12.1 Å². The van der Waals surface area contributed by atoms with E-state index < -0.39 is 4.92 Å². The van der Waals surface area contributed by atoms with Gasteiger partial charge in [0.25, 0.3) is 5.69 Å². The minimum Gasteiger partial charge on any atom is -0.379 e. The number of piperidine rings is 1. The summed E-state index contributed by atoms with van der Waals surface area (Å²) in [6, 6.07) is 6.34. The standard InChI is InChI=1S/C17H20N2O2S/c1-2-17(12-5-13-18-16(17)22)11-4-3-6-14-7-9-15(10-8-14)19(20)21/h7-10H,2,4-5,11-13H2,1H3,(H,18,22). The summed E-state index contributed by atoms with van der Waals surface area (Å²) in [5, 5.41) is 13.9. The van der Waals surface area contributed by atoms with Crippen LogP contribution in [0.2, 0.25) is 0 Å². The van der Waals surface area contributed by atoms with Crippen molar-refractivity contribution in [3.8, 4) is 11.8 Å². The Bertz CT molecular complexity index is 616. The second-order valence-electron chi connectivity index (χ2n) is 5.60. The molecule has 1 heterocycles. The molecular formula is C17H20N2O2S. The molecule has 1 aliphatic rings. The van der Waals surface area contributed by atoms with Gasteiger partial charge in [0.1, 0.15) is 0 Å². The largest absolute Gasteiger partial charge is 0.379 e. The van der Waals surface area contributed by atoms with E-state index in [0.717, 1.165) is 49.2 Å². The van der Waals surface area contributed by atoms with Crippen molar-refractivity contribution in [3.63, 3.8) is 0 Å². The number of nitro groups is 1. The summed E-state index contributed by atoms with van der Waals surface area (Å²) in [7, 11) is 0. The van der Waals surface area contributed by atoms with Gasteiger partial charge in [-0.05, 0) is 37.8 Å². The zero-order valence-corrected chi connectivity index (χ0v) is 13.5. The summed E-state index contributed by atoms with van der Waals surface area (Å²) in [5.74, 6) is 6.24. The lowest BCUT2D eigenvalue weighted by atomic mass is 9.75.